The summed E-state index contributed by atoms with van der Waals surface area (Å²) in [5.41, 5.74) is -1.26. The summed E-state index contributed by atoms with van der Waals surface area (Å²) in [6, 6.07) is 0. The molecule has 1 unspecified atom stereocenters. The number of rotatable bonds is 20. The number of hydrogen-bond donors (Lipinski definition) is 18. The molecule has 34 atom stereocenters. The van der Waals surface area contributed by atoms with E-state index in [1.54, 1.807) is 13.8 Å². The summed E-state index contributed by atoms with van der Waals surface area (Å²) < 4.78 is 60.0. The van der Waals surface area contributed by atoms with Crippen molar-refractivity contribution in [3.05, 3.63) is 11.6 Å². The topological polar surface area (TPSA) is 456 Å². The Morgan fingerprint density at radius 3 is 1.57 bits per heavy atom. The van der Waals surface area contributed by atoms with Gasteiger partial charge in [-0.05, 0) is 118 Å². The van der Waals surface area contributed by atoms with Crippen molar-refractivity contribution in [3.63, 3.8) is 0 Å². The molecule has 28 heteroatoms. The van der Waals surface area contributed by atoms with Gasteiger partial charge in [0.15, 0.2) is 30.9 Å². The van der Waals surface area contributed by atoms with Gasteiger partial charge in [0.05, 0.1) is 50.8 Å². The maximum Gasteiger partial charge on any atom is 0.195 e. The first-order chi connectivity index (χ1) is 41.5. The molecule has 0 aromatic rings. The Balaban J connectivity index is 0.879. The van der Waals surface area contributed by atoms with E-state index in [4.69, 9.17) is 47.4 Å². The Labute approximate surface area is 518 Å². The molecule has 5 saturated heterocycles. The SMILES string of the molecule is C[C@H](CCC(O[C@@H]1O[C@H](CO[C@@H]2O[C@H](CO)[C@@H](O)[C@H](O)[C@H]2O)[C@@H](O)[C@H](O)[C@H]1O[C@H]1O[C@@H](CO)[C@H](O)[C@@H](O)[C@@H]1O)C(C)(C)O)[C@H]1CC[C@@]2(C)[C@@H]3CC=C4[C@@H](CC[C@H](O[C@]5(C)O[C@H](CO[C@@H]6O[C@H](CO)[C@@H](O)[C@H](O)[C@H]6O)[C@@H](O)[C@H](O)[C@H]5O)C4(C)C)[C@]3(C)CC[C@]12C. The van der Waals surface area contributed by atoms with E-state index in [0.29, 0.717) is 18.8 Å². The van der Waals surface area contributed by atoms with Crippen molar-refractivity contribution in [2.24, 2.45) is 45.3 Å². The molecule has 0 aromatic heterocycles. The first-order valence-corrected chi connectivity index (χ1v) is 31.8. The molecular weight excluding hydrogens is 1180 g/mol. The van der Waals surface area contributed by atoms with Gasteiger partial charge < -0.3 is 139 Å². The Bertz CT molecular complexity index is 2360. The number of aliphatic hydroxyl groups is 18. The molecule has 8 fully saturated rings. The second-order valence-corrected chi connectivity index (χ2v) is 29.2. The third kappa shape index (κ3) is 13.1. The molecule has 5 heterocycles. The highest BCUT2D eigenvalue weighted by molar-refractivity contribution is 5.31. The quantitative estimate of drug-likeness (QED) is 0.0517. The van der Waals surface area contributed by atoms with Crippen LogP contribution in [0.3, 0.4) is 0 Å². The van der Waals surface area contributed by atoms with Crippen molar-refractivity contribution in [1.29, 1.82) is 0 Å². The molecule has 0 spiro atoms. The van der Waals surface area contributed by atoms with Crippen LogP contribution in [0.4, 0.5) is 0 Å². The predicted molar refractivity (Wildman–Crippen MR) is 303 cm³/mol. The predicted octanol–water partition coefficient (Wildman–Crippen LogP) is -3.99. The maximum atomic E-state index is 11.9. The fourth-order valence-electron chi connectivity index (χ4n) is 17.3. The van der Waals surface area contributed by atoms with Crippen molar-refractivity contribution >= 4 is 0 Å². The summed E-state index contributed by atoms with van der Waals surface area (Å²) >= 11 is 0. The van der Waals surface area contributed by atoms with Gasteiger partial charge >= 0.3 is 0 Å². The van der Waals surface area contributed by atoms with E-state index in [2.05, 4.69) is 47.6 Å². The van der Waals surface area contributed by atoms with E-state index in [0.717, 1.165) is 38.5 Å². The van der Waals surface area contributed by atoms with Crippen molar-refractivity contribution in [3.8, 4) is 0 Å². The fraction of sp³-hybridized carbons (Fsp3) is 0.967. The van der Waals surface area contributed by atoms with Crippen molar-refractivity contribution in [2.45, 2.75) is 291 Å². The average Bonchev–Trinajstić information content (AvgIpc) is 1.66. The maximum absolute atomic E-state index is 11.9. The van der Waals surface area contributed by atoms with Crippen LogP contribution in [0.1, 0.15) is 120 Å². The third-order valence-corrected chi connectivity index (χ3v) is 23.2. The van der Waals surface area contributed by atoms with Gasteiger partial charge in [0, 0.05) is 5.41 Å². The zero-order chi connectivity index (χ0) is 65.6. The zero-order valence-electron chi connectivity index (χ0n) is 52.4. The molecule has 0 bridgehead atoms. The Morgan fingerprint density at radius 1 is 0.539 bits per heavy atom. The molecule has 3 saturated carbocycles. The molecule has 5 aliphatic heterocycles. The van der Waals surface area contributed by atoms with Gasteiger partial charge in [-0.1, -0.05) is 53.2 Å². The molecule has 9 rings (SSSR count). The van der Waals surface area contributed by atoms with E-state index in [9.17, 15) is 91.9 Å². The lowest BCUT2D eigenvalue weighted by atomic mass is 9.39. The molecular formula is C61H104O28. The van der Waals surface area contributed by atoms with Gasteiger partial charge in [-0.15, -0.1) is 0 Å². The minimum atomic E-state index is -1.93. The van der Waals surface area contributed by atoms with E-state index < -0.39 is 209 Å². The van der Waals surface area contributed by atoms with Gasteiger partial charge in [0.2, 0.25) is 0 Å². The molecule has 516 valence electrons. The number of aliphatic hydroxyl groups excluding tert-OH is 17. The van der Waals surface area contributed by atoms with Crippen LogP contribution < -0.4 is 0 Å². The second kappa shape index (κ2) is 27.3. The van der Waals surface area contributed by atoms with Gasteiger partial charge in [0.25, 0.3) is 0 Å². The van der Waals surface area contributed by atoms with Crippen LogP contribution in [0.5, 0.6) is 0 Å². The molecule has 4 aliphatic carbocycles. The van der Waals surface area contributed by atoms with Crippen LogP contribution in [-0.4, -0.2) is 296 Å². The molecule has 9 aliphatic rings. The van der Waals surface area contributed by atoms with Crippen LogP contribution in [0, 0.1) is 45.3 Å². The fourth-order valence-corrected chi connectivity index (χ4v) is 17.3. The second-order valence-electron chi connectivity index (χ2n) is 29.2. The summed E-state index contributed by atoms with van der Waals surface area (Å²) in [5, 5.41) is 193. The Morgan fingerprint density at radius 2 is 1.03 bits per heavy atom. The highest BCUT2D eigenvalue weighted by atomic mass is 16.8. The summed E-state index contributed by atoms with van der Waals surface area (Å²) in [7, 11) is 0. The zero-order valence-corrected chi connectivity index (χ0v) is 52.4. The summed E-state index contributed by atoms with van der Waals surface area (Å²) in [6.07, 6.45) is -32.4. The standard InChI is InChI=1S/C61H104O28/c1-25(10-14-36(57(4,5)79)86-55-50(87-54-49(77)44(72)39(67)31(22-64)84-54)45(73)40(68)32(85-55)23-80-52-47(75)42(70)37(65)29(20-62)82-52)26-16-17-60(8)34-13-11-27-28(58(34,6)18-19-59(26,60)7)12-15-35(56(27,2)3)89-61(9)51(78)46(74)41(69)33(88-61)24-81-53-48(76)43(71)38(66)30(21-63)83-53/h11,25-26,28-55,62-79H,10,12-24H2,1-9H3/t25-,26-,28-,29-,30-,31+,32-,33-,34-,35+,36?,37-,38-,39+,40-,41-,42+,43+,44-,45+,46+,47-,48-,49+,50-,51-,52-,53-,54-,55+,58+,59-,60+,61+/m1/s1. The van der Waals surface area contributed by atoms with Crippen LogP contribution >= 0.6 is 0 Å². The lowest BCUT2D eigenvalue weighted by Gasteiger charge is -2.66. The van der Waals surface area contributed by atoms with Gasteiger partial charge in [-0.3, -0.25) is 0 Å². The van der Waals surface area contributed by atoms with Gasteiger partial charge in [0.1, 0.15) is 122 Å². The normalized spacial score (nSPS) is 51.8. The summed E-state index contributed by atoms with van der Waals surface area (Å²) in [4.78, 5) is 0. The highest BCUT2D eigenvalue weighted by Crippen LogP contribution is 2.75. The number of hydrogen-bond acceptors (Lipinski definition) is 28. The smallest absolute Gasteiger partial charge is 0.195 e. The van der Waals surface area contributed by atoms with E-state index in [1.807, 2.05) is 0 Å². The lowest BCUT2D eigenvalue weighted by molar-refractivity contribution is -0.382. The van der Waals surface area contributed by atoms with Crippen molar-refractivity contribution in [1.82, 2.24) is 0 Å². The largest absolute Gasteiger partial charge is 0.394 e. The minimum Gasteiger partial charge on any atom is -0.394 e. The van der Waals surface area contributed by atoms with E-state index in [1.165, 1.54) is 12.5 Å². The first kappa shape index (κ1) is 71.9. The molecule has 0 aromatic carbocycles. The monoisotopic (exact) mass is 1280 g/mol. The Kier molecular flexibility index (Phi) is 22.0. The van der Waals surface area contributed by atoms with Crippen LogP contribution in [0.25, 0.3) is 0 Å². The van der Waals surface area contributed by atoms with Crippen LogP contribution in [0.15, 0.2) is 11.6 Å². The highest BCUT2D eigenvalue weighted by Gasteiger charge is 2.68. The molecule has 18 N–H and O–H groups in total. The average molecular weight is 1290 g/mol. The third-order valence-electron chi connectivity index (χ3n) is 23.2. The summed E-state index contributed by atoms with van der Waals surface area (Å²) in [5.74, 6) is -1.05. The van der Waals surface area contributed by atoms with E-state index >= 15 is 0 Å². The molecule has 28 nitrogen and oxygen atoms in total. The first-order valence-electron chi connectivity index (χ1n) is 31.8. The number of allylic oxidation sites excluding steroid dienone is 1. The molecule has 89 heavy (non-hydrogen) atoms. The van der Waals surface area contributed by atoms with Crippen molar-refractivity contribution in [2.75, 3.05) is 33.0 Å². The van der Waals surface area contributed by atoms with Gasteiger partial charge in [-0.2, -0.15) is 0 Å². The van der Waals surface area contributed by atoms with Crippen molar-refractivity contribution < 1.29 is 139 Å². The number of ether oxygens (including phenoxy) is 10. The molecule has 0 amide bonds. The number of fused-ring (bicyclic) bond motifs is 5. The van der Waals surface area contributed by atoms with Crippen LogP contribution in [0.2, 0.25) is 0 Å². The summed E-state index contributed by atoms with van der Waals surface area (Å²) in [6.45, 7) is 15.0. The lowest BCUT2D eigenvalue weighted by Crippen LogP contribution is -2.67. The van der Waals surface area contributed by atoms with Gasteiger partial charge in [-0.25, -0.2) is 0 Å². The minimum absolute atomic E-state index is 0.0821. The Hall–Kier alpha value is -1.38. The molecule has 0 radical (unpaired) electrons. The van der Waals surface area contributed by atoms with E-state index in [-0.39, 0.29) is 40.4 Å². The van der Waals surface area contributed by atoms with Crippen LogP contribution in [-0.2, 0) is 47.4 Å².